The van der Waals surface area contributed by atoms with E-state index >= 15 is 0 Å². The molecule has 1 aromatic carbocycles. The summed E-state index contributed by atoms with van der Waals surface area (Å²) in [6.07, 6.45) is 0.894. The van der Waals surface area contributed by atoms with E-state index in [1.165, 1.54) is 26.3 Å². The number of hydrogen-bond acceptors (Lipinski definition) is 9. The molecule has 3 atom stereocenters. The Bertz CT molecular complexity index is 1190. The third-order valence-corrected chi connectivity index (χ3v) is 6.41. The lowest BCUT2D eigenvalue weighted by Gasteiger charge is -2.32. The summed E-state index contributed by atoms with van der Waals surface area (Å²) in [7, 11) is 1.36. The van der Waals surface area contributed by atoms with E-state index in [0.717, 1.165) is 18.2 Å². The van der Waals surface area contributed by atoms with Crippen molar-refractivity contribution in [2.45, 2.75) is 72.6 Å². The van der Waals surface area contributed by atoms with Crippen LogP contribution >= 0.6 is 0 Å². The number of amides is 1. The monoisotopic (exact) mass is 580 g/mol. The number of hydrogen-bond donors (Lipinski definition) is 1. The number of carbonyl (C=O) groups is 3. The second-order valence-corrected chi connectivity index (χ2v) is 9.66. The van der Waals surface area contributed by atoms with Crippen molar-refractivity contribution in [1.82, 2.24) is 10.3 Å². The van der Waals surface area contributed by atoms with Crippen LogP contribution in [0.5, 0.6) is 17.2 Å². The van der Waals surface area contributed by atoms with Gasteiger partial charge >= 0.3 is 11.9 Å². The molecular formula is C29H38F2N2O8. The van der Waals surface area contributed by atoms with Crippen molar-refractivity contribution in [3.05, 3.63) is 47.8 Å². The first-order valence-corrected chi connectivity index (χ1v) is 13.3. The summed E-state index contributed by atoms with van der Waals surface area (Å²) >= 11 is 0. The predicted octanol–water partition coefficient (Wildman–Crippen LogP) is 4.84. The molecule has 0 aliphatic rings. The van der Waals surface area contributed by atoms with Crippen LogP contribution in [0.2, 0.25) is 0 Å². The molecule has 0 aliphatic heterocycles. The SMILES string of the molecule is CCC(CC)[C@@H](Oc1cc(F)ccc1F)[C@H](C)OC(=O)[C@@H](NC(=O)c1nccc(OC)c1OCOC(C)=O)C(C)C. The number of pyridine rings is 1. The Balaban J connectivity index is 2.27. The fraction of sp³-hybridized carbons (Fsp3) is 0.517. The molecule has 226 valence electrons. The Labute approximate surface area is 238 Å². The zero-order valence-electron chi connectivity index (χ0n) is 24.4. The van der Waals surface area contributed by atoms with Gasteiger partial charge in [0.15, 0.2) is 28.8 Å². The van der Waals surface area contributed by atoms with Crippen LogP contribution in [-0.4, -0.2) is 55.0 Å². The Morgan fingerprint density at radius 1 is 1.02 bits per heavy atom. The first kappa shape index (κ1) is 33.2. The van der Waals surface area contributed by atoms with Gasteiger partial charge in [0.05, 0.1) is 7.11 Å². The number of halogens is 2. The number of esters is 2. The fourth-order valence-corrected chi connectivity index (χ4v) is 4.14. The largest absolute Gasteiger partial charge is 0.493 e. The van der Waals surface area contributed by atoms with E-state index in [1.54, 1.807) is 20.8 Å². The molecule has 10 nitrogen and oxygen atoms in total. The third kappa shape index (κ3) is 9.29. The first-order chi connectivity index (χ1) is 19.4. The van der Waals surface area contributed by atoms with Crippen LogP contribution in [0.1, 0.15) is 64.9 Å². The van der Waals surface area contributed by atoms with Gasteiger partial charge in [-0.3, -0.25) is 9.59 Å². The Morgan fingerprint density at radius 3 is 2.29 bits per heavy atom. The highest BCUT2D eigenvalue weighted by atomic mass is 19.1. The van der Waals surface area contributed by atoms with E-state index in [1.807, 2.05) is 13.8 Å². The molecule has 2 aromatic rings. The number of aromatic nitrogens is 1. The number of carbonyl (C=O) groups excluding carboxylic acids is 3. The normalized spacial score (nSPS) is 13.2. The maximum Gasteiger partial charge on any atom is 0.329 e. The van der Waals surface area contributed by atoms with Gasteiger partial charge in [-0.15, -0.1) is 0 Å². The molecule has 1 heterocycles. The number of rotatable bonds is 15. The zero-order valence-corrected chi connectivity index (χ0v) is 24.4. The van der Waals surface area contributed by atoms with Crippen molar-refractivity contribution < 1.29 is 46.8 Å². The average Bonchev–Trinajstić information content (AvgIpc) is 2.92. The molecule has 0 spiro atoms. The Morgan fingerprint density at radius 2 is 1.71 bits per heavy atom. The van der Waals surface area contributed by atoms with Gasteiger partial charge in [-0.1, -0.05) is 27.7 Å². The lowest BCUT2D eigenvalue weighted by Crippen LogP contribution is -2.48. The zero-order chi connectivity index (χ0) is 30.7. The smallest absolute Gasteiger partial charge is 0.329 e. The van der Waals surface area contributed by atoms with E-state index in [-0.39, 0.29) is 28.9 Å². The maximum absolute atomic E-state index is 14.4. The minimum atomic E-state index is -1.12. The van der Waals surface area contributed by atoms with Crippen molar-refractivity contribution in [1.29, 1.82) is 0 Å². The summed E-state index contributed by atoms with van der Waals surface area (Å²) in [5, 5.41) is 2.62. The predicted molar refractivity (Wildman–Crippen MR) is 145 cm³/mol. The van der Waals surface area contributed by atoms with E-state index in [4.69, 9.17) is 23.7 Å². The minimum absolute atomic E-state index is 0.0858. The summed E-state index contributed by atoms with van der Waals surface area (Å²) in [5.74, 6) is -4.31. The van der Waals surface area contributed by atoms with E-state index in [0.29, 0.717) is 12.8 Å². The number of nitrogens with one attached hydrogen (secondary N) is 1. The molecule has 12 heteroatoms. The highest BCUT2D eigenvalue weighted by Crippen LogP contribution is 2.30. The maximum atomic E-state index is 14.4. The van der Waals surface area contributed by atoms with Crippen molar-refractivity contribution in [2.24, 2.45) is 11.8 Å². The highest BCUT2D eigenvalue weighted by molar-refractivity contribution is 5.98. The molecule has 0 saturated heterocycles. The first-order valence-electron chi connectivity index (χ1n) is 13.3. The number of methoxy groups -OCH3 is 1. The molecule has 1 aromatic heterocycles. The van der Waals surface area contributed by atoms with Crippen molar-refractivity contribution >= 4 is 17.8 Å². The molecule has 1 N–H and O–H groups in total. The molecule has 0 fully saturated rings. The van der Waals surface area contributed by atoms with Gasteiger partial charge in [-0.2, -0.15) is 0 Å². The molecule has 0 saturated carbocycles. The van der Waals surface area contributed by atoms with Gasteiger partial charge in [0.2, 0.25) is 6.79 Å². The van der Waals surface area contributed by atoms with Crippen LogP contribution in [0, 0.1) is 23.5 Å². The summed E-state index contributed by atoms with van der Waals surface area (Å²) in [6.45, 7) is 9.57. The van der Waals surface area contributed by atoms with Gasteiger partial charge in [-0.05, 0) is 43.7 Å². The quantitative estimate of drug-likeness (QED) is 0.233. The second kappa shape index (κ2) is 15.7. The van der Waals surface area contributed by atoms with Crippen LogP contribution in [0.4, 0.5) is 8.78 Å². The number of ether oxygens (including phenoxy) is 5. The molecular weight excluding hydrogens is 542 g/mol. The van der Waals surface area contributed by atoms with Crippen molar-refractivity contribution in [2.75, 3.05) is 13.9 Å². The van der Waals surface area contributed by atoms with E-state index in [9.17, 15) is 23.2 Å². The number of benzene rings is 1. The van der Waals surface area contributed by atoms with Gasteiger partial charge in [0.25, 0.3) is 5.91 Å². The Kier molecular flexibility index (Phi) is 12.8. The Hall–Kier alpha value is -3.96. The summed E-state index contributed by atoms with van der Waals surface area (Å²) in [4.78, 5) is 41.8. The second-order valence-electron chi connectivity index (χ2n) is 9.66. The lowest BCUT2D eigenvalue weighted by molar-refractivity contribution is -0.158. The van der Waals surface area contributed by atoms with Crippen LogP contribution in [0.25, 0.3) is 0 Å². The topological polar surface area (TPSA) is 122 Å². The molecule has 2 rings (SSSR count). The molecule has 0 radical (unpaired) electrons. The van der Waals surface area contributed by atoms with Crippen LogP contribution in [0.3, 0.4) is 0 Å². The van der Waals surface area contributed by atoms with Crippen molar-refractivity contribution in [3.8, 4) is 17.2 Å². The average molecular weight is 581 g/mol. The summed E-state index contributed by atoms with van der Waals surface area (Å²) in [6, 6.07) is 3.23. The van der Waals surface area contributed by atoms with Crippen LogP contribution in [0.15, 0.2) is 30.5 Å². The highest BCUT2D eigenvalue weighted by Gasteiger charge is 2.35. The van der Waals surface area contributed by atoms with Crippen LogP contribution in [-0.2, 0) is 19.1 Å². The van der Waals surface area contributed by atoms with Gasteiger partial charge in [0.1, 0.15) is 24.1 Å². The lowest BCUT2D eigenvalue weighted by atomic mass is 9.93. The van der Waals surface area contributed by atoms with Gasteiger partial charge in [-0.25, -0.2) is 18.6 Å². The fourth-order valence-electron chi connectivity index (χ4n) is 4.14. The minimum Gasteiger partial charge on any atom is -0.493 e. The van der Waals surface area contributed by atoms with E-state index in [2.05, 4.69) is 10.3 Å². The molecule has 0 bridgehead atoms. The van der Waals surface area contributed by atoms with E-state index < -0.39 is 60.4 Å². The number of nitrogens with zero attached hydrogens (tertiary/aromatic N) is 1. The van der Waals surface area contributed by atoms with Crippen molar-refractivity contribution in [3.63, 3.8) is 0 Å². The molecule has 0 aliphatic carbocycles. The molecule has 1 amide bonds. The van der Waals surface area contributed by atoms with Gasteiger partial charge < -0.3 is 29.0 Å². The summed E-state index contributed by atoms with van der Waals surface area (Å²) < 4.78 is 55.2. The van der Waals surface area contributed by atoms with Gasteiger partial charge in [0, 0.05) is 25.3 Å². The molecule has 41 heavy (non-hydrogen) atoms. The third-order valence-electron chi connectivity index (χ3n) is 6.41. The molecule has 0 unspecified atom stereocenters. The standard InChI is InChI=1S/C29H38F2N2O8/c1-8-19(9-2)26(41-23-14-20(30)10-11-21(23)31)17(5)40-29(36)24(16(3)4)33-28(35)25-27(39-15-38-18(6)34)22(37-7)12-13-32-25/h10-14,16-17,19,24,26H,8-9,15H2,1-7H3,(H,33,35)/t17-,24-,26-/m0/s1. The summed E-state index contributed by atoms with van der Waals surface area (Å²) in [5.41, 5.74) is -0.206. The van der Waals surface area contributed by atoms with Crippen LogP contribution < -0.4 is 19.5 Å².